The third-order valence-electron chi connectivity index (χ3n) is 4.78. The molecule has 0 saturated heterocycles. The first-order valence-electron chi connectivity index (χ1n) is 9.61. The Morgan fingerprint density at radius 1 is 1.13 bits per heavy atom. The minimum atomic E-state index is -0.602. The van der Waals surface area contributed by atoms with Gasteiger partial charge in [-0.05, 0) is 35.7 Å². The molecule has 0 aliphatic carbocycles. The number of amides is 1. The summed E-state index contributed by atoms with van der Waals surface area (Å²) in [6.45, 7) is 0.994. The van der Waals surface area contributed by atoms with E-state index in [-0.39, 0.29) is 39.2 Å². The van der Waals surface area contributed by atoms with E-state index >= 15 is 0 Å². The second-order valence-corrected chi connectivity index (χ2v) is 7.61. The predicted molar refractivity (Wildman–Crippen MR) is 115 cm³/mol. The summed E-state index contributed by atoms with van der Waals surface area (Å²) in [7, 11) is 0. The summed E-state index contributed by atoms with van der Waals surface area (Å²) >= 11 is 12.2. The number of hydrogen-bond acceptors (Lipinski definition) is 4. The van der Waals surface area contributed by atoms with Gasteiger partial charge in [0.2, 0.25) is 0 Å². The van der Waals surface area contributed by atoms with Crippen LogP contribution in [0.5, 0.6) is 11.5 Å². The van der Waals surface area contributed by atoms with E-state index in [0.29, 0.717) is 30.6 Å². The standard InChI is InChI=1S/C22H16Cl2N2O4/c23-19-11-16(26(28)29)12-20(24)21(19)30-17-6-7-18-15(10-17)8-9-25(22(18)27)13-14-4-2-1-3-5-14/h1-7,10-12H,8-9,13H2/i7D. The number of fused-ring (bicyclic) bond motifs is 1. The molecule has 1 aliphatic heterocycles. The van der Waals surface area contributed by atoms with Crippen LogP contribution in [0.4, 0.5) is 5.69 Å². The second kappa shape index (κ2) is 8.34. The first-order valence-corrected chi connectivity index (χ1v) is 9.87. The number of benzene rings is 3. The van der Waals surface area contributed by atoms with Gasteiger partial charge in [-0.15, -0.1) is 0 Å². The number of non-ortho nitro benzene ring substituents is 1. The molecule has 1 aliphatic rings. The van der Waals surface area contributed by atoms with Crippen LogP contribution in [0.15, 0.2) is 60.6 Å². The molecule has 0 unspecified atom stereocenters. The maximum Gasteiger partial charge on any atom is 0.272 e. The van der Waals surface area contributed by atoms with Crippen molar-refractivity contribution in [2.24, 2.45) is 0 Å². The van der Waals surface area contributed by atoms with Crippen molar-refractivity contribution in [3.8, 4) is 11.5 Å². The maximum absolute atomic E-state index is 13.0. The molecule has 1 heterocycles. The summed E-state index contributed by atoms with van der Waals surface area (Å²) in [5.41, 5.74) is 1.81. The third-order valence-corrected chi connectivity index (χ3v) is 5.34. The van der Waals surface area contributed by atoms with Crippen molar-refractivity contribution in [2.75, 3.05) is 6.54 Å². The molecule has 0 spiro atoms. The van der Waals surface area contributed by atoms with Crippen LogP contribution in [0, 0.1) is 10.1 Å². The number of nitro groups is 1. The molecule has 3 aromatic rings. The summed E-state index contributed by atoms with van der Waals surface area (Å²) in [4.78, 5) is 25.0. The number of nitrogens with zero attached hydrogens (tertiary/aromatic N) is 2. The van der Waals surface area contributed by atoms with Crippen LogP contribution in [0.2, 0.25) is 10.0 Å². The Kier molecular flexibility index (Phi) is 5.26. The first-order chi connectivity index (χ1) is 14.8. The Bertz CT molecular complexity index is 1160. The fourth-order valence-corrected chi connectivity index (χ4v) is 3.87. The Balaban J connectivity index is 1.60. The van der Waals surface area contributed by atoms with Crippen LogP contribution in [-0.2, 0) is 13.0 Å². The van der Waals surface area contributed by atoms with Crippen LogP contribution in [-0.4, -0.2) is 22.3 Å². The molecule has 0 aromatic heterocycles. The van der Waals surface area contributed by atoms with Crippen LogP contribution < -0.4 is 4.74 Å². The molecule has 0 fully saturated rings. The van der Waals surface area contributed by atoms with E-state index in [1.807, 2.05) is 30.3 Å². The number of carbonyl (C=O) groups is 1. The topological polar surface area (TPSA) is 72.7 Å². The van der Waals surface area contributed by atoms with Crippen molar-refractivity contribution < 1.29 is 15.8 Å². The van der Waals surface area contributed by atoms with Crippen molar-refractivity contribution in [1.82, 2.24) is 4.90 Å². The summed E-state index contributed by atoms with van der Waals surface area (Å²) in [6, 6.07) is 15.1. The normalized spacial score (nSPS) is 13.6. The average Bonchev–Trinajstić information content (AvgIpc) is 2.73. The Hall–Kier alpha value is -3.09. The van der Waals surface area contributed by atoms with Gasteiger partial charge in [0.15, 0.2) is 5.75 Å². The van der Waals surface area contributed by atoms with E-state index in [9.17, 15) is 14.9 Å². The van der Waals surface area contributed by atoms with Crippen molar-refractivity contribution in [3.63, 3.8) is 0 Å². The Morgan fingerprint density at radius 2 is 1.83 bits per heavy atom. The van der Waals surface area contributed by atoms with Gasteiger partial charge >= 0.3 is 0 Å². The van der Waals surface area contributed by atoms with Crippen molar-refractivity contribution in [3.05, 3.63) is 97.5 Å². The van der Waals surface area contributed by atoms with Crippen molar-refractivity contribution in [2.45, 2.75) is 13.0 Å². The fourth-order valence-electron chi connectivity index (χ4n) is 3.31. The molecular formula is C22H16Cl2N2O4. The van der Waals surface area contributed by atoms with Crippen LogP contribution in [0.25, 0.3) is 0 Å². The van der Waals surface area contributed by atoms with Crippen LogP contribution in [0.3, 0.4) is 0 Å². The lowest BCUT2D eigenvalue weighted by Crippen LogP contribution is -2.37. The van der Waals surface area contributed by atoms with Gasteiger partial charge in [0.1, 0.15) is 5.75 Å². The molecule has 0 radical (unpaired) electrons. The summed E-state index contributed by atoms with van der Waals surface area (Å²) < 4.78 is 14.1. The Labute approximate surface area is 184 Å². The van der Waals surface area contributed by atoms with E-state index < -0.39 is 4.92 Å². The van der Waals surface area contributed by atoms with Gasteiger partial charge in [-0.25, -0.2) is 0 Å². The number of hydrogen-bond donors (Lipinski definition) is 0. The summed E-state index contributed by atoms with van der Waals surface area (Å²) in [6.07, 6.45) is 0.568. The fraction of sp³-hybridized carbons (Fsp3) is 0.136. The SMILES string of the molecule is [2H]c1cc(Oc2c(Cl)cc([N+](=O)[O-])cc2Cl)cc2c1C(=O)N(Cc1ccccc1)CC2. The zero-order valence-electron chi connectivity index (χ0n) is 16.6. The minimum absolute atomic E-state index is 0.0198. The highest BCUT2D eigenvalue weighted by Gasteiger charge is 2.25. The van der Waals surface area contributed by atoms with Crippen molar-refractivity contribution in [1.29, 1.82) is 0 Å². The number of rotatable bonds is 5. The zero-order valence-corrected chi connectivity index (χ0v) is 17.1. The van der Waals surface area contributed by atoms with E-state index in [2.05, 4.69) is 0 Å². The minimum Gasteiger partial charge on any atom is -0.454 e. The monoisotopic (exact) mass is 443 g/mol. The molecule has 8 heteroatoms. The highest BCUT2D eigenvalue weighted by molar-refractivity contribution is 6.37. The molecule has 0 atom stereocenters. The number of ether oxygens (including phenoxy) is 1. The molecule has 6 nitrogen and oxygen atoms in total. The largest absolute Gasteiger partial charge is 0.454 e. The highest BCUT2D eigenvalue weighted by atomic mass is 35.5. The van der Waals surface area contributed by atoms with Gasteiger partial charge in [-0.1, -0.05) is 53.5 Å². The molecule has 30 heavy (non-hydrogen) atoms. The van der Waals surface area contributed by atoms with E-state index in [4.69, 9.17) is 29.3 Å². The summed E-state index contributed by atoms with van der Waals surface area (Å²) in [5, 5.41) is 10.9. The summed E-state index contributed by atoms with van der Waals surface area (Å²) in [5.74, 6) is 0.139. The first kappa shape index (κ1) is 18.9. The molecule has 0 bridgehead atoms. The van der Waals surface area contributed by atoms with Crippen LogP contribution >= 0.6 is 23.2 Å². The van der Waals surface area contributed by atoms with Crippen molar-refractivity contribution >= 4 is 34.8 Å². The molecule has 4 rings (SSSR count). The second-order valence-electron chi connectivity index (χ2n) is 6.80. The number of halogens is 2. The lowest BCUT2D eigenvalue weighted by atomic mass is 9.98. The molecule has 152 valence electrons. The number of carbonyl (C=O) groups excluding carboxylic acids is 1. The average molecular weight is 444 g/mol. The maximum atomic E-state index is 13.0. The lowest BCUT2D eigenvalue weighted by molar-refractivity contribution is -0.384. The van der Waals surface area contributed by atoms with E-state index in [0.717, 1.165) is 17.7 Å². The molecule has 0 N–H and O–H groups in total. The van der Waals surface area contributed by atoms with E-state index in [1.54, 1.807) is 11.0 Å². The third kappa shape index (κ3) is 4.10. The van der Waals surface area contributed by atoms with Gasteiger partial charge in [0.25, 0.3) is 11.6 Å². The Morgan fingerprint density at radius 3 is 2.50 bits per heavy atom. The number of nitro benzene ring substituents is 1. The molecular weight excluding hydrogens is 427 g/mol. The molecule has 0 saturated carbocycles. The van der Waals surface area contributed by atoms with Crippen LogP contribution in [0.1, 0.15) is 22.9 Å². The van der Waals surface area contributed by atoms with Gasteiger partial charge in [0, 0.05) is 30.8 Å². The van der Waals surface area contributed by atoms with Gasteiger partial charge in [-0.2, -0.15) is 0 Å². The zero-order chi connectivity index (χ0) is 22.1. The predicted octanol–water partition coefficient (Wildman–Crippen LogP) is 5.89. The molecule has 1 amide bonds. The highest BCUT2D eigenvalue weighted by Crippen LogP contribution is 2.40. The molecule has 3 aromatic carbocycles. The quantitative estimate of drug-likeness (QED) is 0.363. The smallest absolute Gasteiger partial charge is 0.272 e. The van der Waals surface area contributed by atoms with E-state index in [1.165, 1.54) is 6.07 Å². The lowest BCUT2D eigenvalue weighted by Gasteiger charge is -2.29. The van der Waals surface area contributed by atoms with Gasteiger partial charge in [0.05, 0.1) is 16.3 Å². The van der Waals surface area contributed by atoms with Gasteiger partial charge < -0.3 is 9.64 Å². The van der Waals surface area contributed by atoms with Gasteiger partial charge in [-0.3, -0.25) is 14.9 Å².